The molecule has 0 aromatic heterocycles. The quantitative estimate of drug-likeness (QED) is 0.726. The molecule has 11 heavy (non-hydrogen) atoms. The lowest BCUT2D eigenvalue weighted by atomic mass is 10.2. The molecule has 0 radical (unpaired) electrons. The van der Waals surface area contributed by atoms with Crippen LogP contribution in [0.15, 0.2) is 33.7 Å². The first-order valence-corrected chi connectivity index (χ1v) is 4.66. The van der Waals surface area contributed by atoms with Crippen molar-refractivity contribution in [1.82, 2.24) is 0 Å². The van der Waals surface area contributed by atoms with Crippen molar-refractivity contribution >= 4 is 37.7 Å². The third-order valence-corrected chi connectivity index (χ3v) is 2.15. The van der Waals surface area contributed by atoms with Crippen molar-refractivity contribution < 1.29 is 4.39 Å². The van der Waals surface area contributed by atoms with Crippen molar-refractivity contribution in [3.05, 3.63) is 39.3 Å². The van der Waals surface area contributed by atoms with Gasteiger partial charge >= 0.3 is 0 Å². The van der Waals surface area contributed by atoms with Crippen LogP contribution in [0, 0.1) is 0 Å². The van der Waals surface area contributed by atoms with E-state index in [-0.39, 0.29) is 5.83 Å². The standard InChI is InChI=1S/C8H5Br2F/c9-5-8(11)6-1-3-7(10)4-2-6/h1-5H/b8-5-. The molecule has 0 heterocycles. The Morgan fingerprint density at radius 2 is 1.82 bits per heavy atom. The van der Waals surface area contributed by atoms with Crippen LogP contribution in [0.5, 0.6) is 0 Å². The van der Waals surface area contributed by atoms with E-state index in [1.807, 2.05) is 0 Å². The molecule has 1 aromatic carbocycles. The zero-order chi connectivity index (χ0) is 8.27. The Morgan fingerprint density at radius 3 is 2.27 bits per heavy atom. The largest absolute Gasteiger partial charge is 0.206 e. The Morgan fingerprint density at radius 1 is 1.27 bits per heavy atom. The van der Waals surface area contributed by atoms with E-state index in [2.05, 4.69) is 31.9 Å². The topological polar surface area (TPSA) is 0 Å². The van der Waals surface area contributed by atoms with Crippen LogP contribution in [0.2, 0.25) is 0 Å². The van der Waals surface area contributed by atoms with Crippen molar-refractivity contribution in [2.45, 2.75) is 0 Å². The van der Waals surface area contributed by atoms with Gasteiger partial charge in [-0.25, -0.2) is 4.39 Å². The summed E-state index contributed by atoms with van der Waals surface area (Å²) in [5.41, 5.74) is 0.574. The molecule has 0 aliphatic carbocycles. The Hall–Kier alpha value is -0.150. The first-order valence-electron chi connectivity index (χ1n) is 2.96. The van der Waals surface area contributed by atoms with Gasteiger partial charge in [0.25, 0.3) is 0 Å². The number of rotatable bonds is 1. The van der Waals surface area contributed by atoms with Crippen molar-refractivity contribution in [2.75, 3.05) is 0 Å². The normalized spacial score (nSPS) is 11.7. The molecule has 0 nitrogen and oxygen atoms in total. The summed E-state index contributed by atoms with van der Waals surface area (Å²) in [6.07, 6.45) is 0. The molecule has 0 bridgehead atoms. The minimum atomic E-state index is -0.266. The van der Waals surface area contributed by atoms with Crippen LogP contribution in [0.4, 0.5) is 4.39 Å². The van der Waals surface area contributed by atoms with E-state index in [1.165, 1.54) is 4.99 Å². The van der Waals surface area contributed by atoms with Crippen molar-refractivity contribution in [2.24, 2.45) is 0 Å². The summed E-state index contributed by atoms with van der Waals surface area (Å²) in [4.78, 5) is 1.26. The highest BCUT2D eigenvalue weighted by atomic mass is 79.9. The minimum Gasteiger partial charge on any atom is -0.206 e. The number of hydrogen-bond acceptors (Lipinski definition) is 0. The van der Waals surface area contributed by atoms with E-state index in [9.17, 15) is 4.39 Å². The van der Waals surface area contributed by atoms with E-state index < -0.39 is 0 Å². The summed E-state index contributed by atoms with van der Waals surface area (Å²) in [5.74, 6) is -0.266. The summed E-state index contributed by atoms with van der Waals surface area (Å²) >= 11 is 6.18. The number of benzene rings is 1. The molecule has 0 fully saturated rings. The van der Waals surface area contributed by atoms with Crippen LogP contribution in [0.3, 0.4) is 0 Å². The summed E-state index contributed by atoms with van der Waals surface area (Å²) in [5, 5.41) is 0. The predicted molar refractivity (Wildman–Crippen MR) is 52.2 cm³/mol. The third-order valence-electron chi connectivity index (χ3n) is 1.22. The SMILES string of the molecule is F/C(=C\Br)c1ccc(Br)cc1. The Kier molecular flexibility index (Phi) is 3.27. The third kappa shape index (κ3) is 2.42. The van der Waals surface area contributed by atoms with Crippen LogP contribution >= 0.6 is 31.9 Å². The van der Waals surface area contributed by atoms with Gasteiger partial charge in [-0.3, -0.25) is 0 Å². The molecule has 1 rings (SSSR count). The monoisotopic (exact) mass is 278 g/mol. The maximum Gasteiger partial charge on any atom is 0.137 e. The van der Waals surface area contributed by atoms with Gasteiger partial charge in [0, 0.05) is 15.0 Å². The number of hydrogen-bond donors (Lipinski definition) is 0. The van der Waals surface area contributed by atoms with E-state index in [0.717, 1.165) is 4.47 Å². The van der Waals surface area contributed by atoms with Crippen molar-refractivity contribution in [3.63, 3.8) is 0 Å². The molecule has 0 atom stereocenters. The van der Waals surface area contributed by atoms with E-state index in [4.69, 9.17) is 0 Å². The maximum atomic E-state index is 12.8. The first-order chi connectivity index (χ1) is 5.24. The summed E-state index contributed by atoms with van der Waals surface area (Å²) < 4.78 is 13.7. The smallest absolute Gasteiger partial charge is 0.137 e. The Labute approximate surface area is 81.4 Å². The maximum absolute atomic E-state index is 12.8. The molecule has 0 unspecified atom stereocenters. The molecule has 58 valence electrons. The van der Waals surface area contributed by atoms with Crippen LogP contribution in [-0.2, 0) is 0 Å². The zero-order valence-electron chi connectivity index (χ0n) is 5.52. The van der Waals surface area contributed by atoms with Gasteiger partial charge in [0.15, 0.2) is 0 Å². The molecule has 3 heteroatoms. The van der Waals surface area contributed by atoms with Gasteiger partial charge in [-0.15, -0.1) is 0 Å². The molecule has 0 aliphatic heterocycles. The first kappa shape index (κ1) is 8.94. The predicted octanol–water partition coefficient (Wildman–Crippen LogP) is 4.11. The molecule has 0 spiro atoms. The van der Waals surface area contributed by atoms with Gasteiger partial charge in [-0.1, -0.05) is 44.0 Å². The summed E-state index contributed by atoms with van der Waals surface area (Å²) in [7, 11) is 0. The van der Waals surface area contributed by atoms with E-state index >= 15 is 0 Å². The molecule has 0 amide bonds. The zero-order valence-corrected chi connectivity index (χ0v) is 8.69. The lowest BCUT2D eigenvalue weighted by molar-refractivity contribution is 0.762. The fraction of sp³-hybridized carbons (Fsp3) is 0. The lowest BCUT2D eigenvalue weighted by Gasteiger charge is -1.95. The second-order valence-corrected chi connectivity index (χ2v) is 3.34. The van der Waals surface area contributed by atoms with E-state index in [0.29, 0.717) is 5.56 Å². The summed E-state index contributed by atoms with van der Waals surface area (Å²) in [6.45, 7) is 0. The molecule has 0 saturated carbocycles. The highest BCUT2D eigenvalue weighted by molar-refractivity contribution is 9.11. The second kappa shape index (κ2) is 4.02. The lowest BCUT2D eigenvalue weighted by Crippen LogP contribution is -1.74. The van der Waals surface area contributed by atoms with Gasteiger partial charge < -0.3 is 0 Å². The van der Waals surface area contributed by atoms with Crippen molar-refractivity contribution in [3.8, 4) is 0 Å². The van der Waals surface area contributed by atoms with Gasteiger partial charge in [0.1, 0.15) is 5.83 Å². The highest BCUT2D eigenvalue weighted by Gasteiger charge is 1.96. The fourth-order valence-electron chi connectivity index (χ4n) is 0.672. The molecule has 0 N–H and O–H groups in total. The fourth-order valence-corrected chi connectivity index (χ4v) is 1.20. The Balaban J connectivity index is 2.99. The van der Waals surface area contributed by atoms with Crippen LogP contribution in [0.1, 0.15) is 5.56 Å². The molecular weight excluding hydrogens is 275 g/mol. The Bertz CT molecular complexity index is 264. The van der Waals surface area contributed by atoms with E-state index in [1.54, 1.807) is 24.3 Å². The van der Waals surface area contributed by atoms with Crippen LogP contribution < -0.4 is 0 Å². The number of halogens is 3. The molecule has 0 aliphatic rings. The second-order valence-electron chi connectivity index (χ2n) is 1.96. The van der Waals surface area contributed by atoms with Gasteiger partial charge in [-0.2, -0.15) is 0 Å². The van der Waals surface area contributed by atoms with Gasteiger partial charge in [-0.05, 0) is 12.1 Å². The van der Waals surface area contributed by atoms with Crippen LogP contribution in [0.25, 0.3) is 5.83 Å². The highest BCUT2D eigenvalue weighted by Crippen LogP contribution is 2.19. The molecule has 1 aromatic rings. The molecular formula is C8H5Br2F. The average Bonchev–Trinajstić information content (AvgIpc) is 2.05. The summed E-state index contributed by atoms with van der Waals surface area (Å²) in [6, 6.07) is 7.01. The van der Waals surface area contributed by atoms with Gasteiger partial charge in [0.05, 0.1) is 0 Å². The molecule has 0 saturated heterocycles. The minimum absolute atomic E-state index is 0.266. The average molecular weight is 280 g/mol. The van der Waals surface area contributed by atoms with Gasteiger partial charge in [0.2, 0.25) is 0 Å². The van der Waals surface area contributed by atoms with Crippen molar-refractivity contribution in [1.29, 1.82) is 0 Å². The van der Waals surface area contributed by atoms with Crippen LogP contribution in [-0.4, -0.2) is 0 Å².